The molecule has 1 aliphatic heterocycles. The second-order valence-electron chi connectivity index (χ2n) is 7.56. The fourth-order valence-corrected chi connectivity index (χ4v) is 5.38. The van der Waals surface area contributed by atoms with E-state index in [1.54, 1.807) is 22.3 Å². The van der Waals surface area contributed by atoms with E-state index in [-0.39, 0.29) is 5.41 Å². The highest BCUT2D eigenvalue weighted by molar-refractivity contribution is 5.50. The largest absolute Gasteiger partial charge is 0.317 e. The zero-order valence-electron chi connectivity index (χ0n) is 14.9. The molecule has 1 saturated heterocycles. The van der Waals surface area contributed by atoms with Crippen molar-refractivity contribution in [2.75, 3.05) is 13.1 Å². The zero-order valence-corrected chi connectivity index (χ0v) is 14.9. The van der Waals surface area contributed by atoms with Gasteiger partial charge in [-0.25, -0.2) is 0 Å². The Morgan fingerprint density at radius 1 is 0.875 bits per heavy atom. The van der Waals surface area contributed by atoms with Crippen LogP contribution < -0.4 is 5.32 Å². The van der Waals surface area contributed by atoms with Gasteiger partial charge in [-0.1, -0.05) is 61.9 Å². The summed E-state index contributed by atoms with van der Waals surface area (Å²) in [4.78, 5) is 0. The number of piperidine rings is 1. The van der Waals surface area contributed by atoms with Crippen molar-refractivity contribution in [2.45, 2.75) is 50.9 Å². The lowest BCUT2D eigenvalue weighted by atomic mass is 9.60. The van der Waals surface area contributed by atoms with Gasteiger partial charge in [0.15, 0.2) is 0 Å². The molecular weight excluding hydrogens is 290 g/mol. The zero-order chi connectivity index (χ0) is 16.4. The van der Waals surface area contributed by atoms with Crippen LogP contribution in [0.1, 0.15) is 54.9 Å². The van der Waals surface area contributed by atoms with E-state index < -0.39 is 0 Å². The summed E-state index contributed by atoms with van der Waals surface area (Å²) in [5, 5.41) is 3.58. The Labute approximate surface area is 146 Å². The SMILES string of the molecule is CCCC1(C2CCNCC2)c2ccccc2CCc2ccccc21. The van der Waals surface area contributed by atoms with Crippen LogP contribution in [0.2, 0.25) is 0 Å². The molecule has 1 fully saturated rings. The van der Waals surface area contributed by atoms with Crippen molar-refractivity contribution < 1.29 is 0 Å². The van der Waals surface area contributed by atoms with E-state index in [4.69, 9.17) is 0 Å². The summed E-state index contributed by atoms with van der Waals surface area (Å²) in [5.74, 6) is 0.749. The molecule has 0 amide bonds. The van der Waals surface area contributed by atoms with Gasteiger partial charge in [0, 0.05) is 5.41 Å². The predicted molar refractivity (Wildman–Crippen MR) is 102 cm³/mol. The van der Waals surface area contributed by atoms with E-state index >= 15 is 0 Å². The molecule has 0 bridgehead atoms. The Balaban J connectivity index is 1.98. The quantitative estimate of drug-likeness (QED) is 0.851. The summed E-state index contributed by atoms with van der Waals surface area (Å²) in [7, 11) is 0. The van der Waals surface area contributed by atoms with E-state index in [1.165, 1.54) is 51.6 Å². The lowest BCUT2D eigenvalue weighted by molar-refractivity contribution is 0.233. The first kappa shape index (κ1) is 15.9. The standard InChI is InChI=1S/C23H29N/c1-2-15-23(20-13-16-24-17-14-20)21-9-5-3-7-18(21)11-12-19-8-4-6-10-22(19)23/h3-10,20,24H,2,11-17H2,1H3. The third-order valence-corrected chi connectivity index (χ3v) is 6.34. The highest BCUT2D eigenvalue weighted by Crippen LogP contribution is 2.50. The van der Waals surface area contributed by atoms with Crippen molar-refractivity contribution in [1.29, 1.82) is 0 Å². The van der Waals surface area contributed by atoms with Crippen LogP contribution in [0, 0.1) is 5.92 Å². The van der Waals surface area contributed by atoms with Crippen molar-refractivity contribution in [3.63, 3.8) is 0 Å². The summed E-state index contributed by atoms with van der Waals surface area (Å²) in [6.45, 7) is 4.69. The van der Waals surface area contributed by atoms with Crippen molar-refractivity contribution in [2.24, 2.45) is 5.92 Å². The summed E-state index contributed by atoms with van der Waals surface area (Å²) in [6, 6.07) is 18.6. The summed E-state index contributed by atoms with van der Waals surface area (Å²) >= 11 is 0. The van der Waals surface area contributed by atoms with Crippen molar-refractivity contribution in [3.8, 4) is 0 Å². The van der Waals surface area contributed by atoms with Crippen LogP contribution in [-0.4, -0.2) is 13.1 Å². The monoisotopic (exact) mass is 319 g/mol. The molecule has 0 spiro atoms. The molecule has 4 rings (SSSR count). The minimum absolute atomic E-state index is 0.209. The first-order valence-electron chi connectivity index (χ1n) is 9.73. The fourth-order valence-electron chi connectivity index (χ4n) is 5.38. The highest BCUT2D eigenvalue weighted by Gasteiger charge is 2.44. The van der Waals surface area contributed by atoms with E-state index in [0.29, 0.717) is 0 Å². The van der Waals surface area contributed by atoms with Gasteiger partial charge in [-0.3, -0.25) is 0 Å². The molecule has 24 heavy (non-hydrogen) atoms. The third-order valence-electron chi connectivity index (χ3n) is 6.34. The molecule has 2 aliphatic rings. The maximum atomic E-state index is 3.58. The predicted octanol–water partition coefficient (Wildman–Crippen LogP) is 4.87. The number of hydrogen-bond donors (Lipinski definition) is 1. The van der Waals surface area contributed by atoms with Gasteiger partial charge in [-0.15, -0.1) is 0 Å². The van der Waals surface area contributed by atoms with Crippen LogP contribution in [0.4, 0.5) is 0 Å². The van der Waals surface area contributed by atoms with Crippen LogP contribution in [0.5, 0.6) is 0 Å². The first-order valence-corrected chi connectivity index (χ1v) is 9.73. The maximum Gasteiger partial charge on any atom is 0.0237 e. The van der Waals surface area contributed by atoms with E-state index in [1.807, 2.05) is 0 Å². The van der Waals surface area contributed by atoms with Gasteiger partial charge >= 0.3 is 0 Å². The van der Waals surface area contributed by atoms with Crippen molar-refractivity contribution in [3.05, 3.63) is 70.8 Å². The lowest BCUT2D eigenvalue weighted by Gasteiger charge is -2.45. The molecule has 0 saturated carbocycles. The summed E-state index contributed by atoms with van der Waals surface area (Å²) in [5.41, 5.74) is 6.63. The van der Waals surface area contributed by atoms with Gasteiger partial charge < -0.3 is 5.32 Å². The van der Waals surface area contributed by atoms with Crippen LogP contribution in [0.15, 0.2) is 48.5 Å². The second-order valence-corrected chi connectivity index (χ2v) is 7.56. The maximum absolute atomic E-state index is 3.58. The smallest absolute Gasteiger partial charge is 0.0237 e. The Bertz CT molecular complexity index is 649. The van der Waals surface area contributed by atoms with Crippen molar-refractivity contribution >= 4 is 0 Å². The van der Waals surface area contributed by atoms with Gasteiger partial charge in [0.2, 0.25) is 0 Å². The van der Waals surface area contributed by atoms with Gasteiger partial charge in [0.1, 0.15) is 0 Å². The molecule has 0 unspecified atom stereocenters. The Hall–Kier alpha value is -1.60. The van der Waals surface area contributed by atoms with Gasteiger partial charge in [0.25, 0.3) is 0 Å². The van der Waals surface area contributed by atoms with E-state index in [2.05, 4.69) is 60.8 Å². The molecular formula is C23H29N. The number of fused-ring (bicyclic) bond motifs is 2. The molecule has 2 aromatic carbocycles. The van der Waals surface area contributed by atoms with Crippen LogP contribution >= 0.6 is 0 Å². The Kier molecular flexibility index (Phi) is 4.45. The molecule has 0 radical (unpaired) electrons. The average Bonchev–Trinajstić information content (AvgIpc) is 2.79. The van der Waals surface area contributed by atoms with E-state index in [0.717, 1.165) is 5.92 Å². The van der Waals surface area contributed by atoms with Gasteiger partial charge in [-0.2, -0.15) is 0 Å². The number of nitrogens with one attached hydrogen (secondary N) is 1. The van der Waals surface area contributed by atoms with Crippen LogP contribution in [-0.2, 0) is 18.3 Å². The molecule has 1 N–H and O–H groups in total. The molecule has 2 aromatic rings. The minimum Gasteiger partial charge on any atom is -0.317 e. The van der Waals surface area contributed by atoms with Gasteiger partial charge in [0.05, 0.1) is 0 Å². The average molecular weight is 319 g/mol. The van der Waals surface area contributed by atoms with Crippen LogP contribution in [0.3, 0.4) is 0 Å². The molecule has 126 valence electrons. The third kappa shape index (κ3) is 2.50. The molecule has 1 heteroatoms. The normalized spacial score (nSPS) is 20.0. The molecule has 1 nitrogen and oxygen atoms in total. The minimum atomic E-state index is 0.209. The first-order chi connectivity index (χ1) is 11.9. The van der Waals surface area contributed by atoms with Crippen molar-refractivity contribution in [1.82, 2.24) is 5.32 Å². The molecule has 1 aliphatic carbocycles. The number of benzene rings is 2. The van der Waals surface area contributed by atoms with Crippen LogP contribution in [0.25, 0.3) is 0 Å². The number of hydrogen-bond acceptors (Lipinski definition) is 1. The fraction of sp³-hybridized carbons (Fsp3) is 0.478. The summed E-state index contributed by atoms with van der Waals surface area (Å²) in [6.07, 6.45) is 7.47. The van der Waals surface area contributed by atoms with Gasteiger partial charge in [-0.05, 0) is 73.4 Å². The molecule has 0 aromatic heterocycles. The second kappa shape index (κ2) is 6.72. The highest BCUT2D eigenvalue weighted by atomic mass is 14.9. The number of aryl methyl sites for hydroxylation is 2. The lowest BCUT2D eigenvalue weighted by Crippen LogP contribution is -2.43. The summed E-state index contributed by atoms with van der Waals surface area (Å²) < 4.78 is 0. The number of rotatable bonds is 3. The Morgan fingerprint density at radius 2 is 1.42 bits per heavy atom. The van der Waals surface area contributed by atoms with E-state index in [9.17, 15) is 0 Å². The molecule has 1 heterocycles. The molecule has 0 atom stereocenters. The Morgan fingerprint density at radius 3 is 1.96 bits per heavy atom. The topological polar surface area (TPSA) is 12.0 Å².